The molecule has 3 aliphatic rings. The van der Waals surface area contributed by atoms with Crippen molar-refractivity contribution in [3.63, 3.8) is 0 Å². The van der Waals surface area contributed by atoms with Crippen molar-refractivity contribution in [1.82, 2.24) is 15.5 Å². The summed E-state index contributed by atoms with van der Waals surface area (Å²) in [6.45, 7) is 6.00. The van der Waals surface area contributed by atoms with Gasteiger partial charge in [0.2, 0.25) is 17.7 Å². The third-order valence-electron chi connectivity index (χ3n) is 7.95. The van der Waals surface area contributed by atoms with Crippen molar-refractivity contribution in [3.8, 4) is 5.75 Å². The number of morpholine rings is 1. The molecule has 214 valence electrons. The normalized spacial score (nSPS) is 24.1. The van der Waals surface area contributed by atoms with Gasteiger partial charge in [-0.1, -0.05) is 25.0 Å². The van der Waals surface area contributed by atoms with E-state index in [0.29, 0.717) is 44.0 Å². The summed E-state index contributed by atoms with van der Waals surface area (Å²) in [5, 5.41) is 5.58. The monoisotopic (exact) mass is 544 g/mol. The fourth-order valence-corrected chi connectivity index (χ4v) is 5.12. The van der Waals surface area contributed by atoms with Crippen molar-refractivity contribution in [2.45, 2.75) is 56.7 Å². The Morgan fingerprint density at radius 1 is 1.18 bits per heavy atom. The standard InChI is InChI=1S/C28H40N4O7/c1-18(30-23(33)16-32-10-12-38-13-11-32)25(35)31-28(26(29)36,15-20-6-8-21(37-3)9-7-20)22(14-19-4-5-19)24(34)27(2)17-39-27/h6-9,18-19,22H,4-5,10-17H2,1-3H3,(H2,29,36)(H,30,33)(H,31,35)/t18-,22+,27+,28?/m0/s1. The molecule has 0 spiro atoms. The lowest BCUT2D eigenvalue weighted by Crippen LogP contribution is -2.68. The molecule has 2 heterocycles. The van der Waals surface area contributed by atoms with Crippen LogP contribution in [0, 0.1) is 11.8 Å². The number of amides is 3. The first-order valence-electron chi connectivity index (χ1n) is 13.6. The fraction of sp³-hybridized carbons (Fsp3) is 0.643. The van der Waals surface area contributed by atoms with Crippen molar-refractivity contribution in [3.05, 3.63) is 29.8 Å². The highest BCUT2D eigenvalue weighted by molar-refractivity contribution is 6.01. The summed E-state index contributed by atoms with van der Waals surface area (Å²) in [5.41, 5.74) is 4.04. The Kier molecular flexibility index (Phi) is 8.93. The van der Waals surface area contributed by atoms with Crippen LogP contribution < -0.4 is 21.1 Å². The van der Waals surface area contributed by atoms with E-state index in [4.69, 9.17) is 19.9 Å². The smallest absolute Gasteiger partial charge is 0.244 e. The van der Waals surface area contributed by atoms with Crippen LogP contribution in [0.4, 0.5) is 0 Å². The molecule has 39 heavy (non-hydrogen) atoms. The van der Waals surface area contributed by atoms with E-state index in [1.807, 2.05) is 4.90 Å². The van der Waals surface area contributed by atoms with Crippen LogP contribution in [0.5, 0.6) is 5.75 Å². The fourth-order valence-electron chi connectivity index (χ4n) is 5.12. The highest BCUT2D eigenvalue weighted by Gasteiger charge is 2.58. The number of carbonyl (C=O) groups excluding carboxylic acids is 4. The van der Waals surface area contributed by atoms with Gasteiger partial charge < -0.3 is 30.6 Å². The van der Waals surface area contributed by atoms with Crippen molar-refractivity contribution < 1.29 is 33.4 Å². The molecule has 0 bridgehead atoms. The summed E-state index contributed by atoms with van der Waals surface area (Å²) >= 11 is 0. The van der Waals surface area contributed by atoms with Gasteiger partial charge in [0.25, 0.3) is 0 Å². The van der Waals surface area contributed by atoms with E-state index in [2.05, 4.69) is 10.6 Å². The molecule has 11 nitrogen and oxygen atoms in total. The lowest BCUT2D eigenvalue weighted by atomic mass is 9.71. The van der Waals surface area contributed by atoms with Crippen LogP contribution in [0.15, 0.2) is 24.3 Å². The van der Waals surface area contributed by atoms with Crippen molar-refractivity contribution >= 4 is 23.5 Å². The Morgan fingerprint density at radius 3 is 2.36 bits per heavy atom. The average molecular weight is 545 g/mol. The highest BCUT2D eigenvalue weighted by Crippen LogP contribution is 2.44. The number of primary amides is 1. The molecular weight excluding hydrogens is 504 g/mol. The van der Waals surface area contributed by atoms with Gasteiger partial charge in [0.1, 0.15) is 22.9 Å². The van der Waals surface area contributed by atoms with Crippen molar-refractivity contribution in [2.24, 2.45) is 17.6 Å². The second-order valence-electron chi connectivity index (χ2n) is 11.1. The molecule has 1 unspecified atom stereocenters. The molecular formula is C28H40N4O7. The first kappa shape index (κ1) is 29.0. The first-order chi connectivity index (χ1) is 18.6. The number of nitrogens with one attached hydrogen (secondary N) is 2. The maximum absolute atomic E-state index is 13.8. The van der Waals surface area contributed by atoms with Gasteiger partial charge in [0, 0.05) is 19.5 Å². The van der Waals surface area contributed by atoms with Crippen LogP contribution in [0.2, 0.25) is 0 Å². The molecule has 4 atom stereocenters. The minimum absolute atomic E-state index is 0.00567. The summed E-state index contributed by atoms with van der Waals surface area (Å²) in [6.07, 6.45) is 2.31. The molecule has 11 heteroatoms. The molecule has 3 fully saturated rings. The number of benzene rings is 1. The van der Waals surface area contributed by atoms with Crippen LogP contribution in [-0.2, 0) is 35.1 Å². The van der Waals surface area contributed by atoms with Gasteiger partial charge in [-0.3, -0.25) is 24.1 Å². The Hall–Kier alpha value is -3.02. The van der Waals surface area contributed by atoms with E-state index in [1.54, 1.807) is 45.2 Å². The SMILES string of the molecule is COc1ccc(CC(NC(=O)[C@H](C)NC(=O)CN2CCOCC2)(C(N)=O)[C@H](CC2CC2)C(=O)[C@@]2(C)CO2)cc1. The summed E-state index contributed by atoms with van der Waals surface area (Å²) < 4.78 is 16.0. The van der Waals surface area contributed by atoms with E-state index in [-0.39, 0.29) is 37.2 Å². The summed E-state index contributed by atoms with van der Waals surface area (Å²) in [7, 11) is 1.55. The maximum Gasteiger partial charge on any atom is 0.244 e. The average Bonchev–Trinajstić information content (AvgIpc) is 3.85. The number of Topliss-reactive ketones (excluding diaryl/α,β-unsaturated/α-hetero) is 1. The number of nitrogens with zero attached hydrogens (tertiary/aromatic N) is 1. The van der Waals surface area contributed by atoms with E-state index >= 15 is 0 Å². The van der Waals surface area contributed by atoms with Gasteiger partial charge in [0.15, 0.2) is 5.78 Å². The molecule has 1 saturated carbocycles. The number of ether oxygens (including phenoxy) is 3. The first-order valence-corrected chi connectivity index (χ1v) is 13.6. The number of epoxide rings is 1. The number of methoxy groups -OCH3 is 1. The zero-order chi connectivity index (χ0) is 28.2. The number of ketones is 1. The molecule has 1 aromatic rings. The molecule has 4 N–H and O–H groups in total. The van der Waals surface area contributed by atoms with Gasteiger partial charge in [0.05, 0.1) is 39.4 Å². The van der Waals surface area contributed by atoms with Gasteiger partial charge in [-0.05, 0) is 43.9 Å². The second-order valence-corrected chi connectivity index (χ2v) is 11.1. The zero-order valence-corrected chi connectivity index (χ0v) is 23.0. The van der Waals surface area contributed by atoms with Crippen LogP contribution in [0.1, 0.15) is 38.7 Å². The minimum Gasteiger partial charge on any atom is -0.497 e. The molecule has 1 aromatic carbocycles. The minimum atomic E-state index is -1.72. The molecule has 4 rings (SSSR count). The van der Waals surface area contributed by atoms with Gasteiger partial charge in [-0.15, -0.1) is 0 Å². The zero-order valence-electron chi connectivity index (χ0n) is 23.0. The molecule has 0 radical (unpaired) electrons. The Labute approximate surface area is 229 Å². The summed E-state index contributed by atoms with van der Waals surface area (Å²) in [4.78, 5) is 55.3. The van der Waals surface area contributed by atoms with E-state index in [1.165, 1.54) is 0 Å². The molecule has 2 aliphatic heterocycles. The van der Waals surface area contributed by atoms with E-state index in [0.717, 1.165) is 12.8 Å². The van der Waals surface area contributed by atoms with E-state index < -0.39 is 34.9 Å². The predicted molar refractivity (Wildman–Crippen MR) is 142 cm³/mol. The third kappa shape index (κ3) is 7.14. The molecule has 3 amide bonds. The second kappa shape index (κ2) is 12.0. The number of hydrogen-bond donors (Lipinski definition) is 3. The lowest BCUT2D eigenvalue weighted by molar-refractivity contribution is -0.142. The lowest BCUT2D eigenvalue weighted by Gasteiger charge is -2.40. The number of rotatable bonds is 14. The number of nitrogens with two attached hydrogens (primary N) is 1. The predicted octanol–water partition coefficient (Wildman–Crippen LogP) is 0.189. The van der Waals surface area contributed by atoms with Gasteiger partial charge >= 0.3 is 0 Å². The molecule has 2 saturated heterocycles. The van der Waals surface area contributed by atoms with Crippen LogP contribution in [0.3, 0.4) is 0 Å². The van der Waals surface area contributed by atoms with Crippen LogP contribution in [0.25, 0.3) is 0 Å². The van der Waals surface area contributed by atoms with Crippen molar-refractivity contribution in [1.29, 1.82) is 0 Å². The van der Waals surface area contributed by atoms with E-state index in [9.17, 15) is 19.2 Å². The highest BCUT2D eigenvalue weighted by atomic mass is 16.6. The topological polar surface area (TPSA) is 153 Å². The Bertz CT molecular complexity index is 1060. The van der Waals surface area contributed by atoms with Gasteiger partial charge in [-0.25, -0.2) is 0 Å². The van der Waals surface area contributed by atoms with Gasteiger partial charge in [-0.2, -0.15) is 0 Å². The third-order valence-corrected chi connectivity index (χ3v) is 7.95. The Morgan fingerprint density at radius 2 is 1.82 bits per heavy atom. The molecule has 0 aromatic heterocycles. The van der Waals surface area contributed by atoms with Crippen molar-refractivity contribution in [2.75, 3.05) is 46.6 Å². The van der Waals surface area contributed by atoms with Crippen LogP contribution >= 0.6 is 0 Å². The largest absolute Gasteiger partial charge is 0.497 e. The summed E-state index contributed by atoms with van der Waals surface area (Å²) in [6, 6.07) is 6.10. The molecule has 1 aliphatic carbocycles. The maximum atomic E-state index is 13.8. The number of carbonyl (C=O) groups is 4. The van der Waals surface area contributed by atoms with Crippen LogP contribution in [-0.4, -0.2) is 92.2 Å². The number of hydrogen-bond acceptors (Lipinski definition) is 8. The summed E-state index contributed by atoms with van der Waals surface area (Å²) in [5.74, 6) is -1.95. The Balaban J connectivity index is 1.59. The quantitative estimate of drug-likeness (QED) is 0.281.